The molecule has 2 N–H and O–H groups in total. The summed E-state index contributed by atoms with van der Waals surface area (Å²) in [6.07, 6.45) is 4.23. The van der Waals surface area contributed by atoms with E-state index < -0.39 is 12.0 Å². The van der Waals surface area contributed by atoms with Crippen LogP contribution in [0.1, 0.15) is 49.0 Å². The minimum Gasteiger partial charge on any atom is -0.480 e. The molecule has 0 spiro atoms. The van der Waals surface area contributed by atoms with Crippen LogP contribution in [0, 0.1) is 0 Å². The summed E-state index contributed by atoms with van der Waals surface area (Å²) in [5.74, 6) is -1.45. The van der Waals surface area contributed by atoms with Crippen LogP contribution in [0.2, 0.25) is 0 Å². The highest BCUT2D eigenvalue weighted by Gasteiger charge is 2.24. The second-order valence-electron chi connectivity index (χ2n) is 6.40. The van der Waals surface area contributed by atoms with Gasteiger partial charge in [-0.1, -0.05) is 12.8 Å². The smallest absolute Gasteiger partial charge is 0.326 e. The summed E-state index contributed by atoms with van der Waals surface area (Å²) in [6, 6.07) is 4.32. The number of aromatic nitrogens is 2. The van der Waals surface area contributed by atoms with Gasteiger partial charge in [0.25, 0.3) is 5.91 Å². The van der Waals surface area contributed by atoms with Gasteiger partial charge in [-0.15, -0.1) is 0 Å². The molecule has 0 bridgehead atoms. The molecule has 1 aliphatic carbocycles. The van der Waals surface area contributed by atoms with Gasteiger partial charge in [0.1, 0.15) is 6.04 Å². The first-order valence-electron chi connectivity index (χ1n) is 8.14. The standard InChI is InChI=1S/C17H21N3O4/c1-10(16(22)23)19(2)15(21)11-7-8-14-13(9-11)18-17(24)20(14)12-5-3-4-6-12/h7-10,12H,3-6H2,1-2H3,(H,18,24)(H,22,23). The van der Waals surface area contributed by atoms with E-state index in [1.807, 2.05) is 0 Å². The van der Waals surface area contributed by atoms with Gasteiger partial charge >= 0.3 is 11.7 Å². The van der Waals surface area contributed by atoms with Crippen molar-refractivity contribution in [1.82, 2.24) is 14.5 Å². The van der Waals surface area contributed by atoms with Crippen molar-refractivity contribution in [2.75, 3.05) is 7.05 Å². The highest BCUT2D eigenvalue weighted by atomic mass is 16.4. The molecular formula is C17H21N3O4. The van der Waals surface area contributed by atoms with Crippen LogP contribution in [0.15, 0.2) is 23.0 Å². The molecular weight excluding hydrogens is 310 g/mol. The molecule has 7 nitrogen and oxygen atoms in total. The van der Waals surface area contributed by atoms with Gasteiger partial charge in [0.05, 0.1) is 11.0 Å². The number of H-pyrrole nitrogens is 1. The fraction of sp³-hybridized carbons (Fsp3) is 0.471. The largest absolute Gasteiger partial charge is 0.480 e. The van der Waals surface area contributed by atoms with E-state index in [9.17, 15) is 14.4 Å². The number of carboxylic acid groups (broad SMARTS) is 1. The Morgan fingerprint density at radius 1 is 1.33 bits per heavy atom. The maximum Gasteiger partial charge on any atom is 0.326 e. The molecule has 1 fully saturated rings. The van der Waals surface area contributed by atoms with E-state index in [1.54, 1.807) is 22.8 Å². The monoisotopic (exact) mass is 331 g/mol. The molecule has 2 aromatic rings. The second-order valence-corrected chi connectivity index (χ2v) is 6.40. The molecule has 1 aliphatic rings. The summed E-state index contributed by atoms with van der Waals surface area (Å²) in [5, 5.41) is 9.04. The van der Waals surface area contributed by atoms with Crippen LogP contribution in [0.5, 0.6) is 0 Å². The molecule has 1 aromatic carbocycles. The van der Waals surface area contributed by atoms with Crippen molar-refractivity contribution in [3.05, 3.63) is 34.2 Å². The van der Waals surface area contributed by atoms with Crippen LogP contribution in [0.3, 0.4) is 0 Å². The number of nitrogens with zero attached hydrogens (tertiary/aromatic N) is 2. The molecule has 7 heteroatoms. The van der Waals surface area contributed by atoms with E-state index >= 15 is 0 Å². The number of fused-ring (bicyclic) bond motifs is 1. The normalized spacial score (nSPS) is 16.4. The quantitative estimate of drug-likeness (QED) is 0.895. The molecule has 1 heterocycles. The minimum atomic E-state index is -1.06. The van der Waals surface area contributed by atoms with Gasteiger partial charge < -0.3 is 15.0 Å². The number of aliphatic carboxylic acids is 1. The number of carbonyl (C=O) groups is 2. The number of hydrogen-bond acceptors (Lipinski definition) is 3. The molecule has 128 valence electrons. The summed E-state index contributed by atoms with van der Waals surface area (Å²) >= 11 is 0. The predicted molar refractivity (Wildman–Crippen MR) is 89.3 cm³/mol. The van der Waals surface area contributed by atoms with E-state index in [2.05, 4.69) is 4.98 Å². The average molecular weight is 331 g/mol. The van der Waals surface area contributed by atoms with Crippen molar-refractivity contribution in [3.8, 4) is 0 Å². The topological polar surface area (TPSA) is 95.4 Å². The van der Waals surface area contributed by atoms with Crippen molar-refractivity contribution in [3.63, 3.8) is 0 Å². The molecule has 1 unspecified atom stereocenters. The summed E-state index contributed by atoms with van der Waals surface area (Å²) < 4.78 is 1.78. The third-order valence-corrected chi connectivity index (χ3v) is 4.91. The average Bonchev–Trinajstić information content (AvgIpc) is 3.18. The van der Waals surface area contributed by atoms with E-state index in [1.165, 1.54) is 18.9 Å². The number of aromatic amines is 1. The molecule has 24 heavy (non-hydrogen) atoms. The highest BCUT2D eigenvalue weighted by molar-refractivity contribution is 5.99. The Labute approximate surface area is 138 Å². The number of imidazole rings is 1. The van der Waals surface area contributed by atoms with E-state index in [4.69, 9.17) is 5.11 Å². The Bertz CT molecular complexity index is 845. The number of hydrogen-bond donors (Lipinski definition) is 2. The fourth-order valence-corrected chi connectivity index (χ4v) is 3.33. The van der Waals surface area contributed by atoms with E-state index in [0.29, 0.717) is 11.1 Å². The fourth-order valence-electron chi connectivity index (χ4n) is 3.33. The molecule has 1 amide bonds. The van der Waals surface area contributed by atoms with Crippen LogP contribution in [-0.4, -0.2) is 44.5 Å². The number of amides is 1. The predicted octanol–water partition coefficient (Wildman–Crippen LogP) is 1.99. The van der Waals surface area contributed by atoms with Gasteiger partial charge in [-0.25, -0.2) is 9.59 Å². The number of rotatable bonds is 4. The zero-order chi connectivity index (χ0) is 17.4. The SMILES string of the molecule is CC(C(=O)O)N(C)C(=O)c1ccc2c(c1)[nH]c(=O)n2C1CCCC1. The number of carbonyl (C=O) groups excluding carboxylic acids is 1. The molecule has 1 saturated carbocycles. The van der Waals surface area contributed by atoms with Crippen molar-refractivity contribution in [1.29, 1.82) is 0 Å². The first-order valence-corrected chi connectivity index (χ1v) is 8.14. The van der Waals surface area contributed by atoms with Crippen LogP contribution < -0.4 is 5.69 Å². The molecule has 0 saturated heterocycles. The molecule has 1 atom stereocenters. The van der Waals surface area contributed by atoms with Crippen LogP contribution >= 0.6 is 0 Å². The first-order chi connectivity index (χ1) is 11.4. The summed E-state index contributed by atoms with van der Waals surface area (Å²) in [5.41, 5.74) is 1.60. The van der Waals surface area contributed by atoms with Crippen LogP contribution in [0.4, 0.5) is 0 Å². The van der Waals surface area contributed by atoms with Crippen molar-refractivity contribution in [2.24, 2.45) is 0 Å². The Balaban J connectivity index is 1.96. The number of nitrogens with one attached hydrogen (secondary N) is 1. The lowest BCUT2D eigenvalue weighted by molar-refractivity contribution is -0.141. The van der Waals surface area contributed by atoms with Crippen molar-refractivity contribution >= 4 is 22.9 Å². The lowest BCUT2D eigenvalue weighted by Gasteiger charge is -2.21. The zero-order valence-corrected chi connectivity index (χ0v) is 13.8. The maximum atomic E-state index is 12.4. The van der Waals surface area contributed by atoms with E-state index in [0.717, 1.165) is 31.2 Å². The van der Waals surface area contributed by atoms with Crippen molar-refractivity contribution < 1.29 is 14.7 Å². The highest BCUT2D eigenvalue weighted by Crippen LogP contribution is 2.30. The second kappa shape index (κ2) is 6.14. The summed E-state index contributed by atoms with van der Waals surface area (Å²) in [6.45, 7) is 1.46. The van der Waals surface area contributed by atoms with Gasteiger partial charge in [0.2, 0.25) is 0 Å². The van der Waals surface area contributed by atoms with Gasteiger partial charge in [0, 0.05) is 18.7 Å². The molecule has 1 aromatic heterocycles. The van der Waals surface area contributed by atoms with Gasteiger partial charge in [-0.05, 0) is 38.0 Å². The molecule has 0 radical (unpaired) electrons. The summed E-state index contributed by atoms with van der Waals surface area (Å²) in [7, 11) is 1.46. The van der Waals surface area contributed by atoms with Gasteiger partial charge in [0.15, 0.2) is 0 Å². The number of carboxylic acids is 1. The lowest BCUT2D eigenvalue weighted by Crippen LogP contribution is -2.40. The van der Waals surface area contributed by atoms with Gasteiger partial charge in [-0.2, -0.15) is 0 Å². The molecule has 3 rings (SSSR count). The van der Waals surface area contributed by atoms with E-state index in [-0.39, 0.29) is 17.6 Å². The number of likely N-dealkylation sites (N-methyl/N-ethyl adjacent to an activating group) is 1. The lowest BCUT2D eigenvalue weighted by atomic mass is 10.1. The Hall–Kier alpha value is -2.57. The third kappa shape index (κ3) is 2.70. The third-order valence-electron chi connectivity index (χ3n) is 4.91. The van der Waals surface area contributed by atoms with Crippen LogP contribution in [-0.2, 0) is 4.79 Å². The Kier molecular flexibility index (Phi) is 4.17. The minimum absolute atomic E-state index is 0.159. The number of benzene rings is 1. The Morgan fingerprint density at radius 3 is 2.62 bits per heavy atom. The Morgan fingerprint density at radius 2 is 2.00 bits per heavy atom. The zero-order valence-electron chi connectivity index (χ0n) is 13.8. The van der Waals surface area contributed by atoms with Crippen molar-refractivity contribution in [2.45, 2.75) is 44.7 Å². The first kappa shape index (κ1) is 16.3. The van der Waals surface area contributed by atoms with Gasteiger partial charge in [-0.3, -0.25) is 9.36 Å². The molecule has 0 aliphatic heterocycles. The summed E-state index contributed by atoms with van der Waals surface area (Å²) in [4.78, 5) is 39.7. The van der Waals surface area contributed by atoms with Crippen LogP contribution in [0.25, 0.3) is 11.0 Å². The maximum absolute atomic E-state index is 12.4.